The van der Waals surface area contributed by atoms with Gasteiger partial charge in [-0.15, -0.1) is 0 Å². The Balaban J connectivity index is 1.76. The fourth-order valence-electron chi connectivity index (χ4n) is 3.04. The Morgan fingerprint density at radius 3 is 2.19 bits per heavy atom. The van der Waals surface area contributed by atoms with Crippen molar-refractivity contribution in [2.24, 2.45) is 5.92 Å². The van der Waals surface area contributed by atoms with E-state index in [1.165, 1.54) is 32.1 Å². The van der Waals surface area contributed by atoms with Crippen molar-refractivity contribution >= 4 is 21.6 Å². The molecule has 2 heterocycles. The van der Waals surface area contributed by atoms with Crippen molar-refractivity contribution < 1.29 is 13.2 Å². The van der Waals surface area contributed by atoms with Crippen LogP contribution in [0.1, 0.15) is 38.5 Å². The maximum atomic E-state index is 12.0. The van der Waals surface area contributed by atoms with Crippen molar-refractivity contribution in [2.45, 2.75) is 48.9 Å². The van der Waals surface area contributed by atoms with Gasteiger partial charge in [0.05, 0.1) is 21.6 Å². The molecule has 2 aliphatic heterocycles. The Kier molecular flexibility index (Phi) is 2.96. The smallest absolute Gasteiger partial charge is 0.244 e. The molecule has 0 radical (unpaired) electrons. The van der Waals surface area contributed by atoms with E-state index in [2.05, 4.69) is 0 Å². The second-order valence-electron chi connectivity index (χ2n) is 4.99. The molecule has 3 fully saturated rings. The first-order valence-corrected chi connectivity index (χ1v) is 8.84. The van der Waals surface area contributed by atoms with Gasteiger partial charge in [0.1, 0.15) is 6.10 Å². The van der Waals surface area contributed by atoms with Crippen LogP contribution in [-0.2, 0) is 26.3 Å². The lowest BCUT2D eigenvalue weighted by molar-refractivity contribution is 0.264. The normalized spacial score (nSPS) is 49.4. The van der Waals surface area contributed by atoms with E-state index >= 15 is 0 Å². The molecule has 92 valence electrons. The van der Waals surface area contributed by atoms with E-state index in [1.807, 2.05) is 0 Å². The molecule has 16 heavy (non-hydrogen) atoms. The van der Waals surface area contributed by atoms with Crippen molar-refractivity contribution in [3.05, 3.63) is 0 Å². The molecule has 0 N–H and O–H groups in total. The Morgan fingerprint density at radius 2 is 1.56 bits per heavy atom. The lowest BCUT2D eigenvalue weighted by atomic mass is 9.87. The Labute approximate surface area is 101 Å². The van der Waals surface area contributed by atoms with Crippen LogP contribution in [-0.4, -0.2) is 30.3 Å². The van der Waals surface area contributed by atoms with Crippen LogP contribution in [0.15, 0.2) is 0 Å². The van der Waals surface area contributed by atoms with Gasteiger partial charge in [0.25, 0.3) is 0 Å². The highest BCUT2D eigenvalue weighted by molar-refractivity contribution is 8.05. The van der Waals surface area contributed by atoms with Crippen LogP contribution in [0.3, 0.4) is 0 Å². The van der Waals surface area contributed by atoms with Crippen LogP contribution < -0.4 is 0 Å². The molecule has 0 bridgehead atoms. The van der Waals surface area contributed by atoms with Gasteiger partial charge in [0, 0.05) is 11.5 Å². The second kappa shape index (κ2) is 4.18. The van der Waals surface area contributed by atoms with Gasteiger partial charge in [-0.05, 0) is 25.2 Å². The molecule has 0 aromatic heterocycles. The van der Waals surface area contributed by atoms with Crippen molar-refractivity contribution in [2.75, 3.05) is 11.5 Å². The summed E-state index contributed by atoms with van der Waals surface area (Å²) in [5, 5.41) is 0. The summed E-state index contributed by atoms with van der Waals surface area (Å²) < 4.78 is 29.0. The van der Waals surface area contributed by atoms with Crippen molar-refractivity contribution in [3.8, 4) is 0 Å². The van der Waals surface area contributed by atoms with Crippen LogP contribution in [0.5, 0.6) is 0 Å². The minimum absolute atomic E-state index is 0.0368. The predicted octanol–water partition coefficient (Wildman–Crippen LogP) is 1.52. The van der Waals surface area contributed by atoms with Crippen molar-refractivity contribution in [1.29, 1.82) is 0 Å². The van der Waals surface area contributed by atoms with E-state index in [-0.39, 0.29) is 6.10 Å². The molecular formula is C11H18O3S2. The zero-order valence-corrected chi connectivity index (χ0v) is 11.0. The highest BCUT2D eigenvalue weighted by Gasteiger charge is 2.69. The third-order valence-corrected chi connectivity index (χ3v) is 8.32. The van der Waals surface area contributed by atoms with Gasteiger partial charge in [0.15, 0.2) is 0 Å². The van der Waals surface area contributed by atoms with Gasteiger partial charge in [-0.25, -0.2) is 0 Å². The largest absolute Gasteiger partial charge is 0.340 e. The minimum atomic E-state index is -1.02. The highest BCUT2D eigenvalue weighted by atomic mass is 32.2. The average Bonchev–Trinajstić information content (AvgIpc) is 3.04. The van der Waals surface area contributed by atoms with Gasteiger partial charge in [0.2, 0.25) is 4.27 Å². The van der Waals surface area contributed by atoms with Gasteiger partial charge < -0.3 is 4.74 Å². The lowest BCUT2D eigenvalue weighted by Gasteiger charge is -2.23. The molecule has 2 saturated heterocycles. The molecule has 5 heteroatoms. The fourth-order valence-corrected chi connectivity index (χ4v) is 7.26. The van der Waals surface area contributed by atoms with Crippen molar-refractivity contribution in [3.63, 3.8) is 0 Å². The fraction of sp³-hybridized carbons (Fsp3) is 1.00. The molecule has 1 aliphatic carbocycles. The topological polar surface area (TPSA) is 46.7 Å². The third kappa shape index (κ3) is 1.63. The van der Waals surface area contributed by atoms with Gasteiger partial charge >= 0.3 is 0 Å². The SMILES string of the molecule is O=S1CCCS(=O)C12O[C@H]2C1CCCCC1. The van der Waals surface area contributed by atoms with Crippen LogP contribution in [0.25, 0.3) is 0 Å². The summed E-state index contributed by atoms with van der Waals surface area (Å²) in [5.74, 6) is 1.86. The lowest BCUT2D eigenvalue weighted by Crippen LogP contribution is -2.38. The summed E-state index contributed by atoms with van der Waals surface area (Å²) in [7, 11) is -2.05. The summed E-state index contributed by atoms with van der Waals surface area (Å²) in [6, 6.07) is 0. The van der Waals surface area contributed by atoms with Gasteiger partial charge in [-0.3, -0.25) is 8.42 Å². The molecule has 0 amide bonds. The summed E-state index contributed by atoms with van der Waals surface area (Å²) >= 11 is 0. The van der Waals surface area contributed by atoms with E-state index in [4.69, 9.17) is 4.74 Å². The Morgan fingerprint density at radius 1 is 0.938 bits per heavy atom. The first-order chi connectivity index (χ1) is 7.75. The Bertz CT molecular complexity index is 320. The van der Waals surface area contributed by atoms with Gasteiger partial charge in [-0.2, -0.15) is 0 Å². The van der Waals surface area contributed by atoms with Crippen LogP contribution >= 0.6 is 0 Å². The number of ether oxygens (including phenoxy) is 1. The first kappa shape index (κ1) is 11.4. The predicted molar refractivity (Wildman–Crippen MR) is 64.8 cm³/mol. The molecular weight excluding hydrogens is 244 g/mol. The van der Waals surface area contributed by atoms with Crippen LogP contribution in [0, 0.1) is 5.92 Å². The first-order valence-electron chi connectivity index (χ1n) is 6.20. The van der Waals surface area contributed by atoms with E-state index < -0.39 is 25.9 Å². The summed E-state index contributed by atoms with van der Waals surface area (Å²) in [6.07, 6.45) is 7.00. The molecule has 0 aromatic rings. The maximum absolute atomic E-state index is 12.0. The molecule has 3 nitrogen and oxygen atoms in total. The van der Waals surface area contributed by atoms with E-state index in [0.29, 0.717) is 17.4 Å². The number of hydrogen-bond donors (Lipinski definition) is 0. The zero-order valence-electron chi connectivity index (χ0n) is 9.35. The highest BCUT2D eigenvalue weighted by Crippen LogP contribution is 2.52. The number of hydrogen-bond acceptors (Lipinski definition) is 3. The van der Waals surface area contributed by atoms with E-state index in [1.54, 1.807) is 0 Å². The number of rotatable bonds is 1. The molecule has 3 rings (SSSR count). The van der Waals surface area contributed by atoms with Crippen molar-refractivity contribution in [1.82, 2.24) is 0 Å². The summed E-state index contributed by atoms with van der Waals surface area (Å²) in [6.45, 7) is 0. The monoisotopic (exact) mass is 262 g/mol. The molecule has 0 aromatic carbocycles. The average molecular weight is 262 g/mol. The van der Waals surface area contributed by atoms with E-state index in [9.17, 15) is 8.42 Å². The minimum Gasteiger partial charge on any atom is -0.340 e. The Hall–Kier alpha value is 0.260. The standard InChI is InChI=1S/C11H18O3S2/c12-15-7-4-8-16(13)11(15)10(14-11)9-5-2-1-3-6-9/h9-10H,1-8H2/t10-,11?,15?,16?/m0/s1. The van der Waals surface area contributed by atoms with Crippen LogP contribution in [0.4, 0.5) is 0 Å². The molecule has 3 aliphatic rings. The maximum Gasteiger partial charge on any atom is 0.244 e. The number of epoxide rings is 1. The zero-order chi connectivity index (χ0) is 11.2. The molecule has 1 saturated carbocycles. The van der Waals surface area contributed by atoms with E-state index in [0.717, 1.165) is 6.42 Å². The van der Waals surface area contributed by atoms with Gasteiger partial charge in [-0.1, -0.05) is 19.3 Å². The molecule has 1 spiro atoms. The molecule has 2 unspecified atom stereocenters. The van der Waals surface area contributed by atoms with Crippen LogP contribution in [0.2, 0.25) is 0 Å². The third-order valence-electron chi connectivity index (χ3n) is 3.95. The summed E-state index contributed by atoms with van der Waals surface area (Å²) in [5.41, 5.74) is 0. The molecule has 3 atom stereocenters. The quantitative estimate of drug-likeness (QED) is 0.673. The summed E-state index contributed by atoms with van der Waals surface area (Å²) in [4.78, 5) is 0. The second-order valence-corrected chi connectivity index (χ2v) is 8.66.